The molecular formula is C14H12N2O3S. The predicted octanol–water partition coefficient (Wildman–Crippen LogP) is 2.82. The number of furan rings is 1. The number of fused-ring (bicyclic) bond motifs is 1. The first-order chi connectivity index (χ1) is 9.54. The summed E-state index contributed by atoms with van der Waals surface area (Å²) in [5, 5.41) is 9.06. The van der Waals surface area contributed by atoms with Crippen LogP contribution in [-0.2, 0) is 10.0 Å². The minimum Gasteiger partial charge on any atom is -0.440 e. The minimum absolute atomic E-state index is 0.0282. The molecule has 6 heteroatoms. The molecule has 0 spiro atoms. The number of sulfonamides is 1. The van der Waals surface area contributed by atoms with Crippen molar-refractivity contribution in [3.05, 3.63) is 54.6 Å². The molecule has 0 bridgehead atoms. The summed E-state index contributed by atoms with van der Waals surface area (Å²) < 4.78 is 28.6. The van der Waals surface area contributed by atoms with Crippen LogP contribution >= 0.6 is 0 Å². The zero-order valence-electron chi connectivity index (χ0n) is 10.4. The highest BCUT2D eigenvalue weighted by molar-refractivity contribution is 7.89. The van der Waals surface area contributed by atoms with Gasteiger partial charge in [-0.25, -0.2) is 13.6 Å². The molecule has 0 fully saturated rings. The Balaban J connectivity index is 2.03. The van der Waals surface area contributed by atoms with Gasteiger partial charge in [0.25, 0.3) is 0 Å². The fourth-order valence-corrected chi connectivity index (χ4v) is 2.69. The molecule has 2 aromatic carbocycles. The lowest BCUT2D eigenvalue weighted by molar-refractivity contribution is 0.598. The summed E-state index contributed by atoms with van der Waals surface area (Å²) in [6.45, 7) is 0. The van der Waals surface area contributed by atoms with Crippen molar-refractivity contribution >= 4 is 32.6 Å². The Bertz CT molecular complexity index is 836. The van der Waals surface area contributed by atoms with Gasteiger partial charge < -0.3 is 9.73 Å². The smallest absolute Gasteiger partial charge is 0.240 e. The summed E-state index contributed by atoms with van der Waals surface area (Å²) in [4.78, 5) is 0.0282. The number of nitrogens with two attached hydrogens (primary N) is 1. The molecule has 5 nitrogen and oxygen atoms in total. The van der Waals surface area contributed by atoms with Gasteiger partial charge >= 0.3 is 0 Å². The van der Waals surface area contributed by atoms with E-state index in [1.54, 1.807) is 24.3 Å². The highest BCUT2D eigenvalue weighted by Crippen LogP contribution is 2.28. The molecule has 1 aromatic heterocycles. The third-order valence-electron chi connectivity index (χ3n) is 2.88. The molecule has 0 unspecified atom stereocenters. The normalized spacial score (nSPS) is 11.7. The summed E-state index contributed by atoms with van der Waals surface area (Å²) >= 11 is 0. The van der Waals surface area contributed by atoms with Crippen LogP contribution in [0.3, 0.4) is 0 Å². The highest BCUT2D eigenvalue weighted by Gasteiger charge is 2.14. The van der Waals surface area contributed by atoms with Crippen molar-refractivity contribution in [1.29, 1.82) is 0 Å². The molecule has 0 amide bonds. The van der Waals surface area contributed by atoms with Crippen LogP contribution in [-0.4, -0.2) is 8.42 Å². The molecule has 0 aliphatic carbocycles. The van der Waals surface area contributed by atoms with Gasteiger partial charge in [-0.05, 0) is 18.2 Å². The molecule has 3 rings (SSSR count). The van der Waals surface area contributed by atoms with Crippen LogP contribution in [0, 0.1) is 0 Å². The van der Waals surface area contributed by atoms with Crippen molar-refractivity contribution in [3.63, 3.8) is 0 Å². The fraction of sp³-hybridized carbons (Fsp3) is 0. The van der Waals surface area contributed by atoms with E-state index in [1.165, 1.54) is 6.07 Å². The van der Waals surface area contributed by atoms with Gasteiger partial charge in [0.05, 0.1) is 5.69 Å². The van der Waals surface area contributed by atoms with E-state index in [1.807, 2.05) is 24.3 Å². The predicted molar refractivity (Wildman–Crippen MR) is 77.3 cm³/mol. The molecule has 3 N–H and O–H groups in total. The van der Waals surface area contributed by atoms with E-state index in [-0.39, 0.29) is 4.90 Å². The molecule has 0 atom stereocenters. The van der Waals surface area contributed by atoms with Crippen LogP contribution in [0.2, 0.25) is 0 Å². The molecule has 0 aliphatic heterocycles. The molecule has 0 saturated heterocycles. The van der Waals surface area contributed by atoms with E-state index in [0.29, 0.717) is 11.6 Å². The quantitative estimate of drug-likeness (QED) is 0.776. The standard InChI is InChI=1S/C14H12N2O3S/c15-20(17,18)13-8-4-2-6-11(13)16-14-9-10-5-1-3-7-12(10)19-14/h1-9,16H,(H2,15,17,18). The molecule has 20 heavy (non-hydrogen) atoms. The van der Waals surface area contributed by atoms with E-state index in [0.717, 1.165) is 11.0 Å². The van der Waals surface area contributed by atoms with Gasteiger partial charge in [-0.1, -0.05) is 30.3 Å². The largest absolute Gasteiger partial charge is 0.440 e. The molecule has 0 aliphatic rings. The Morgan fingerprint density at radius 2 is 1.70 bits per heavy atom. The summed E-state index contributed by atoms with van der Waals surface area (Å²) in [5.41, 5.74) is 1.11. The van der Waals surface area contributed by atoms with Crippen molar-refractivity contribution < 1.29 is 12.8 Å². The third-order valence-corrected chi connectivity index (χ3v) is 3.85. The van der Waals surface area contributed by atoms with E-state index in [9.17, 15) is 8.42 Å². The van der Waals surface area contributed by atoms with Crippen LogP contribution in [0.15, 0.2) is 63.9 Å². The summed E-state index contributed by atoms with van der Waals surface area (Å²) in [7, 11) is -3.79. The average molecular weight is 288 g/mol. The summed E-state index contributed by atoms with van der Waals surface area (Å²) in [6.07, 6.45) is 0. The zero-order valence-corrected chi connectivity index (χ0v) is 11.2. The lowest BCUT2D eigenvalue weighted by atomic mass is 10.2. The van der Waals surface area contributed by atoms with E-state index >= 15 is 0 Å². The first kappa shape index (κ1) is 12.7. The molecule has 1 heterocycles. The van der Waals surface area contributed by atoms with Crippen LogP contribution in [0.4, 0.5) is 11.6 Å². The average Bonchev–Trinajstić information content (AvgIpc) is 2.80. The Labute approximate surface area is 116 Å². The van der Waals surface area contributed by atoms with E-state index in [2.05, 4.69) is 5.32 Å². The highest BCUT2D eigenvalue weighted by atomic mass is 32.2. The zero-order chi connectivity index (χ0) is 14.2. The SMILES string of the molecule is NS(=O)(=O)c1ccccc1Nc1cc2ccccc2o1. The lowest BCUT2D eigenvalue weighted by Crippen LogP contribution is -2.13. The Morgan fingerprint density at radius 3 is 2.45 bits per heavy atom. The van der Waals surface area contributed by atoms with Gasteiger partial charge in [-0.2, -0.15) is 0 Å². The minimum atomic E-state index is -3.79. The Hall–Kier alpha value is -2.31. The van der Waals surface area contributed by atoms with Crippen molar-refractivity contribution in [2.24, 2.45) is 5.14 Å². The van der Waals surface area contributed by atoms with Crippen LogP contribution in [0.5, 0.6) is 0 Å². The molecule has 0 saturated carbocycles. The number of hydrogen-bond donors (Lipinski definition) is 2. The summed E-state index contributed by atoms with van der Waals surface area (Å²) in [6, 6.07) is 15.7. The van der Waals surface area contributed by atoms with Crippen LogP contribution < -0.4 is 10.5 Å². The number of rotatable bonds is 3. The van der Waals surface area contributed by atoms with Gasteiger partial charge in [0.1, 0.15) is 10.5 Å². The monoisotopic (exact) mass is 288 g/mol. The van der Waals surface area contributed by atoms with Crippen molar-refractivity contribution in [1.82, 2.24) is 0 Å². The first-order valence-electron chi connectivity index (χ1n) is 5.91. The first-order valence-corrected chi connectivity index (χ1v) is 7.46. The van der Waals surface area contributed by atoms with Crippen molar-refractivity contribution in [2.75, 3.05) is 5.32 Å². The van der Waals surface area contributed by atoms with Gasteiger partial charge in [-0.15, -0.1) is 0 Å². The van der Waals surface area contributed by atoms with Crippen molar-refractivity contribution in [3.8, 4) is 0 Å². The summed E-state index contributed by atoms with van der Waals surface area (Å²) in [5.74, 6) is 0.460. The Kier molecular flexibility index (Phi) is 2.96. The van der Waals surface area contributed by atoms with Gasteiger partial charge in [0.15, 0.2) is 5.88 Å². The maximum atomic E-state index is 11.5. The second kappa shape index (κ2) is 4.66. The molecule has 102 valence electrons. The number of benzene rings is 2. The molecular weight excluding hydrogens is 276 g/mol. The lowest BCUT2D eigenvalue weighted by Gasteiger charge is -2.07. The van der Waals surface area contributed by atoms with Crippen LogP contribution in [0.25, 0.3) is 11.0 Å². The number of nitrogens with one attached hydrogen (secondary N) is 1. The second-order valence-electron chi connectivity index (χ2n) is 4.31. The maximum absolute atomic E-state index is 11.5. The number of para-hydroxylation sites is 2. The van der Waals surface area contributed by atoms with Gasteiger partial charge in [0.2, 0.25) is 10.0 Å². The Morgan fingerprint density at radius 1 is 1.00 bits per heavy atom. The molecule has 3 aromatic rings. The topological polar surface area (TPSA) is 85.3 Å². The third kappa shape index (κ3) is 2.38. The number of primary sulfonamides is 1. The van der Waals surface area contributed by atoms with Crippen molar-refractivity contribution in [2.45, 2.75) is 4.90 Å². The molecule has 0 radical (unpaired) electrons. The fourth-order valence-electron chi connectivity index (χ4n) is 1.99. The number of hydrogen-bond acceptors (Lipinski definition) is 4. The second-order valence-corrected chi connectivity index (χ2v) is 5.84. The van der Waals surface area contributed by atoms with E-state index < -0.39 is 10.0 Å². The van der Waals surface area contributed by atoms with Crippen LogP contribution in [0.1, 0.15) is 0 Å². The number of anilines is 2. The maximum Gasteiger partial charge on any atom is 0.240 e. The van der Waals surface area contributed by atoms with Gasteiger partial charge in [0, 0.05) is 11.5 Å². The van der Waals surface area contributed by atoms with Gasteiger partial charge in [-0.3, -0.25) is 0 Å². The van der Waals surface area contributed by atoms with E-state index in [4.69, 9.17) is 9.56 Å².